The van der Waals surface area contributed by atoms with Crippen molar-refractivity contribution in [2.75, 3.05) is 6.54 Å². The maximum absolute atomic E-state index is 11.9. The average Bonchev–Trinajstić information content (AvgIpc) is 2.54. The Morgan fingerprint density at radius 2 is 1.96 bits per heavy atom. The van der Waals surface area contributed by atoms with Crippen molar-refractivity contribution in [3.63, 3.8) is 0 Å². The topological polar surface area (TPSA) is 111 Å². The van der Waals surface area contributed by atoms with Crippen molar-refractivity contribution >= 4 is 34.0 Å². The van der Waals surface area contributed by atoms with E-state index in [9.17, 15) is 14.7 Å². The lowest BCUT2D eigenvalue weighted by Crippen LogP contribution is -2.34. The molecule has 2 aromatic rings. The summed E-state index contributed by atoms with van der Waals surface area (Å²) in [4.78, 5) is 23.5. The van der Waals surface area contributed by atoms with Gasteiger partial charge in [0.15, 0.2) is 0 Å². The molecular weight excluding hydrogens is 378 g/mol. The molecule has 24 heavy (non-hydrogen) atoms. The first-order valence-electron chi connectivity index (χ1n) is 6.83. The summed E-state index contributed by atoms with van der Waals surface area (Å²) < 4.78 is 0.762. The molecular formula is C16H14BrN3O4. The molecule has 0 fully saturated rings. The first kappa shape index (κ1) is 17.5. The van der Waals surface area contributed by atoms with Crippen LogP contribution in [0.15, 0.2) is 52.0 Å². The van der Waals surface area contributed by atoms with Crippen LogP contribution in [0.4, 0.5) is 0 Å². The zero-order valence-corrected chi connectivity index (χ0v) is 13.9. The highest BCUT2D eigenvalue weighted by Gasteiger charge is 2.07. The molecule has 2 aromatic carbocycles. The summed E-state index contributed by atoms with van der Waals surface area (Å²) in [6.07, 6.45) is 1.23. The number of phenols is 2. The number of rotatable bonds is 5. The van der Waals surface area contributed by atoms with Crippen molar-refractivity contribution in [2.45, 2.75) is 0 Å². The van der Waals surface area contributed by atoms with Crippen LogP contribution in [0.1, 0.15) is 15.9 Å². The van der Waals surface area contributed by atoms with Gasteiger partial charge in [0, 0.05) is 21.7 Å². The van der Waals surface area contributed by atoms with Crippen molar-refractivity contribution in [1.82, 2.24) is 10.7 Å². The molecule has 0 saturated heterocycles. The van der Waals surface area contributed by atoms with E-state index in [0.29, 0.717) is 11.1 Å². The third-order valence-corrected chi connectivity index (χ3v) is 3.40. The predicted molar refractivity (Wildman–Crippen MR) is 92.0 cm³/mol. The summed E-state index contributed by atoms with van der Waals surface area (Å²) in [5.41, 5.74) is 2.97. The summed E-state index contributed by atoms with van der Waals surface area (Å²) in [6, 6.07) is 10.7. The van der Waals surface area contributed by atoms with E-state index in [1.807, 2.05) is 0 Å². The van der Waals surface area contributed by atoms with E-state index in [-0.39, 0.29) is 24.0 Å². The zero-order chi connectivity index (χ0) is 17.5. The molecule has 0 spiro atoms. The molecule has 0 aliphatic carbocycles. The van der Waals surface area contributed by atoms with Crippen molar-refractivity contribution in [2.24, 2.45) is 5.10 Å². The van der Waals surface area contributed by atoms with Gasteiger partial charge in [-0.2, -0.15) is 5.10 Å². The number of nitrogens with one attached hydrogen (secondary N) is 2. The lowest BCUT2D eigenvalue weighted by molar-refractivity contribution is -0.120. The molecule has 7 nitrogen and oxygen atoms in total. The molecule has 124 valence electrons. The van der Waals surface area contributed by atoms with E-state index in [1.54, 1.807) is 24.3 Å². The minimum atomic E-state index is -0.520. The number of nitrogens with zero attached hydrogens (tertiary/aromatic N) is 1. The fourth-order valence-electron chi connectivity index (χ4n) is 1.75. The molecule has 4 N–H and O–H groups in total. The van der Waals surface area contributed by atoms with Crippen LogP contribution in [0.25, 0.3) is 0 Å². The van der Waals surface area contributed by atoms with E-state index < -0.39 is 5.91 Å². The quantitative estimate of drug-likeness (QED) is 0.459. The monoisotopic (exact) mass is 391 g/mol. The lowest BCUT2D eigenvalue weighted by atomic mass is 10.2. The Balaban J connectivity index is 1.83. The maximum Gasteiger partial charge on any atom is 0.259 e. The van der Waals surface area contributed by atoms with Crippen molar-refractivity contribution in [3.05, 3.63) is 58.1 Å². The fourth-order valence-corrected chi connectivity index (χ4v) is 2.15. The number of hydrogen-bond acceptors (Lipinski definition) is 5. The van der Waals surface area contributed by atoms with Crippen molar-refractivity contribution < 1.29 is 19.8 Å². The highest BCUT2D eigenvalue weighted by Crippen LogP contribution is 2.20. The smallest absolute Gasteiger partial charge is 0.259 e. The van der Waals surface area contributed by atoms with Crippen LogP contribution in [0.5, 0.6) is 11.5 Å². The van der Waals surface area contributed by atoms with E-state index in [0.717, 1.165) is 10.5 Å². The maximum atomic E-state index is 11.9. The lowest BCUT2D eigenvalue weighted by Gasteiger charge is -2.04. The van der Waals surface area contributed by atoms with Gasteiger partial charge in [-0.25, -0.2) is 5.43 Å². The van der Waals surface area contributed by atoms with Gasteiger partial charge in [0.25, 0.3) is 11.8 Å². The molecule has 0 aromatic heterocycles. The first-order chi connectivity index (χ1) is 11.5. The average molecular weight is 392 g/mol. The van der Waals surface area contributed by atoms with Crippen LogP contribution in [0.2, 0.25) is 0 Å². The van der Waals surface area contributed by atoms with E-state index in [4.69, 9.17) is 5.11 Å². The fraction of sp³-hybridized carbons (Fsp3) is 0.0625. The molecule has 0 saturated carbocycles. The second-order valence-electron chi connectivity index (χ2n) is 4.73. The molecule has 0 atom stereocenters. The van der Waals surface area contributed by atoms with Crippen LogP contribution >= 0.6 is 15.9 Å². The van der Waals surface area contributed by atoms with Gasteiger partial charge in [-0.05, 0) is 30.3 Å². The predicted octanol–water partition coefficient (Wildman–Crippen LogP) is 1.74. The third-order valence-electron chi connectivity index (χ3n) is 2.90. The molecule has 2 rings (SSSR count). The van der Waals surface area contributed by atoms with Gasteiger partial charge >= 0.3 is 0 Å². The second-order valence-corrected chi connectivity index (χ2v) is 5.64. The van der Waals surface area contributed by atoms with E-state index >= 15 is 0 Å². The Hall–Kier alpha value is -2.87. The summed E-state index contributed by atoms with van der Waals surface area (Å²) in [7, 11) is 0. The van der Waals surface area contributed by atoms with Gasteiger partial charge in [0.2, 0.25) is 0 Å². The molecule has 0 radical (unpaired) electrons. The molecule has 8 heteroatoms. The second kappa shape index (κ2) is 8.11. The largest absolute Gasteiger partial charge is 0.508 e. The Morgan fingerprint density at radius 3 is 2.67 bits per heavy atom. The normalized spacial score (nSPS) is 10.5. The highest BCUT2D eigenvalue weighted by atomic mass is 79.9. The van der Waals surface area contributed by atoms with Gasteiger partial charge in [-0.3, -0.25) is 9.59 Å². The summed E-state index contributed by atoms with van der Waals surface area (Å²) in [6.45, 7) is -0.246. The summed E-state index contributed by atoms with van der Waals surface area (Å²) in [5, 5.41) is 24.9. The van der Waals surface area contributed by atoms with Crippen LogP contribution in [0, 0.1) is 0 Å². The molecule has 0 aliphatic rings. The number of hydrogen-bond donors (Lipinski definition) is 4. The Kier molecular flexibility index (Phi) is 5.91. The third kappa shape index (κ3) is 5.10. The number of carbonyl (C=O) groups excluding carboxylic acids is 2. The summed E-state index contributed by atoms with van der Waals surface area (Å²) >= 11 is 3.26. The minimum absolute atomic E-state index is 0.0797. The number of halogens is 1. The number of benzene rings is 2. The van der Waals surface area contributed by atoms with Gasteiger partial charge in [0.1, 0.15) is 11.5 Å². The minimum Gasteiger partial charge on any atom is -0.508 e. The van der Waals surface area contributed by atoms with Crippen molar-refractivity contribution in [1.29, 1.82) is 0 Å². The van der Waals surface area contributed by atoms with Crippen LogP contribution in [0.3, 0.4) is 0 Å². The zero-order valence-electron chi connectivity index (χ0n) is 12.4. The number of phenolic OH excluding ortho intramolecular Hbond substituents is 2. The van der Waals surface area contributed by atoms with Gasteiger partial charge < -0.3 is 15.5 Å². The van der Waals surface area contributed by atoms with E-state index in [2.05, 4.69) is 31.8 Å². The highest BCUT2D eigenvalue weighted by molar-refractivity contribution is 9.10. The van der Waals surface area contributed by atoms with Crippen LogP contribution < -0.4 is 10.7 Å². The van der Waals surface area contributed by atoms with Crippen LogP contribution in [-0.4, -0.2) is 34.8 Å². The molecule has 2 amide bonds. The standard InChI is InChI=1S/C16H14BrN3O4/c17-12-3-1-2-10(6-12)16(24)18-9-15(23)20-19-8-11-4-5-13(21)7-14(11)22/h1-8,21-22H,9H2,(H,18,24)(H,20,23)/b19-8-. The SMILES string of the molecule is O=C(CNC(=O)c1cccc(Br)c1)N/N=C\c1ccc(O)cc1O. The Bertz CT molecular complexity index is 793. The number of amides is 2. The van der Waals surface area contributed by atoms with Crippen molar-refractivity contribution in [3.8, 4) is 11.5 Å². The van der Waals surface area contributed by atoms with Crippen LogP contribution in [-0.2, 0) is 4.79 Å². The number of aromatic hydroxyl groups is 2. The number of carbonyl (C=O) groups is 2. The van der Waals surface area contributed by atoms with Gasteiger partial charge in [-0.1, -0.05) is 22.0 Å². The molecule has 0 bridgehead atoms. The van der Waals surface area contributed by atoms with E-state index in [1.165, 1.54) is 18.3 Å². The number of hydrazone groups is 1. The Morgan fingerprint density at radius 1 is 1.17 bits per heavy atom. The first-order valence-corrected chi connectivity index (χ1v) is 7.62. The van der Waals surface area contributed by atoms with Gasteiger partial charge in [-0.15, -0.1) is 0 Å². The molecule has 0 heterocycles. The molecule has 0 unspecified atom stereocenters. The summed E-state index contributed by atoms with van der Waals surface area (Å²) in [5.74, 6) is -1.15. The molecule has 0 aliphatic heterocycles. The van der Waals surface area contributed by atoms with Gasteiger partial charge in [0.05, 0.1) is 12.8 Å². The Labute approximate surface area is 146 Å².